The first-order valence-corrected chi connectivity index (χ1v) is 10.2. The molecule has 1 fully saturated rings. The Morgan fingerprint density at radius 3 is 2.29 bits per heavy atom. The van der Waals surface area contributed by atoms with Crippen LogP contribution in [-0.4, -0.2) is 45.2 Å². The Kier molecular flexibility index (Phi) is 6.94. The molecule has 1 aliphatic heterocycles. The molecule has 1 amide bonds. The van der Waals surface area contributed by atoms with Crippen molar-refractivity contribution in [2.45, 2.75) is 13.0 Å². The highest BCUT2D eigenvalue weighted by Crippen LogP contribution is 2.32. The zero-order chi connectivity index (χ0) is 20.3. The smallest absolute Gasteiger partial charge is 0.282 e. The highest BCUT2D eigenvalue weighted by atomic mass is 35.5. The van der Waals surface area contributed by atoms with E-state index in [1.807, 2.05) is 19.1 Å². The number of halogens is 3. The van der Waals surface area contributed by atoms with Crippen molar-refractivity contribution in [3.63, 3.8) is 0 Å². The van der Waals surface area contributed by atoms with Crippen LogP contribution in [0.15, 0.2) is 36.4 Å². The molecule has 0 saturated carbocycles. The number of ether oxygens (including phenoxy) is 1. The quantitative estimate of drug-likeness (QED) is 0.696. The number of piperazine rings is 1. The Bertz CT molecular complexity index is 837. The summed E-state index contributed by atoms with van der Waals surface area (Å²) in [6, 6.07) is 11.0. The largest absolute Gasteiger partial charge is 0.497 e. The molecule has 8 heteroatoms. The van der Waals surface area contributed by atoms with Crippen molar-refractivity contribution >= 4 is 52.1 Å². The maximum atomic E-state index is 12.7. The van der Waals surface area contributed by atoms with Crippen LogP contribution in [0.3, 0.4) is 0 Å². The molecule has 0 unspecified atom stereocenters. The van der Waals surface area contributed by atoms with E-state index in [0.29, 0.717) is 20.8 Å². The van der Waals surface area contributed by atoms with Gasteiger partial charge in [-0.3, -0.25) is 4.79 Å². The summed E-state index contributed by atoms with van der Waals surface area (Å²) in [5.41, 5.74) is 1.64. The monoisotopic (exact) mass is 442 g/mol. The summed E-state index contributed by atoms with van der Waals surface area (Å²) in [5, 5.41) is 3.95. The number of nitrogens with zero attached hydrogens (tertiary/aromatic N) is 1. The van der Waals surface area contributed by atoms with Gasteiger partial charge in [-0.2, -0.15) is 0 Å². The van der Waals surface area contributed by atoms with Crippen LogP contribution in [0, 0.1) is 0 Å². The van der Waals surface area contributed by atoms with E-state index in [1.165, 1.54) is 16.7 Å². The molecule has 1 atom stereocenters. The highest BCUT2D eigenvalue weighted by molar-refractivity contribution is 6.44. The van der Waals surface area contributed by atoms with Gasteiger partial charge in [-0.1, -0.05) is 34.8 Å². The highest BCUT2D eigenvalue weighted by Gasteiger charge is 2.29. The summed E-state index contributed by atoms with van der Waals surface area (Å²) in [6.45, 7) is 5.43. The van der Waals surface area contributed by atoms with Crippen molar-refractivity contribution in [3.8, 4) is 5.75 Å². The maximum Gasteiger partial charge on any atom is 0.282 e. The third-order valence-electron chi connectivity index (χ3n) is 5.12. The molecule has 0 spiro atoms. The van der Waals surface area contributed by atoms with Crippen LogP contribution < -0.4 is 19.9 Å². The van der Waals surface area contributed by atoms with Gasteiger partial charge in [0, 0.05) is 5.69 Å². The first-order valence-electron chi connectivity index (χ1n) is 9.08. The molecule has 1 saturated heterocycles. The van der Waals surface area contributed by atoms with Crippen LogP contribution in [0.25, 0.3) is 0 Å². The van der Waals surface area contributed by atoms with Crippen LogP contribution in [0.2, 0.25) is 15.1 Å². The lowest BCUT2D eigenvalue weighted by Gasteiger charge is -2.36. The molecule has 2 N–H and O–H groups in total. The number of hydrogen-bond donors (Lipinski definition) is 2. The Morgan fingerprint density at radius 2 is 1.68 bits per heavy atom. The van der Waals surface area contributed by atoms with Gasteiger partial charge in [0.15, 0.2) is 6.04 Å². The third-order valence-corrected chi connectivity index (χ3v) is 6.15. The van der Waals surface area contributed by atoms with Crippen molar-refractivity contribution in [3.05, 3.63) is 51.5 Å². The van der Waals surface area contributed by atoms with E-state index in [9.17, 15) is 4.79 Å². The molecule has 2 aromatic rings. The minimum absolute atomic E-state index is 0.0896. The van der Waals surface area contributed by atoms with Crippen molar-refractivity contribution < 1.29 is 14.4 Å². The number of methoxy groups -OCH3 is 1. The van der Waals surface area contributed by atoms with Crippen molar-refractivity contribution in [2.24, 2.45) is 0 Å². The minimum Gasteiger partial charge on any atom is -0.497 e. The van der Waals surface area contributed by atoms with Gasteiger partial charge in [0.05, 0.1) is 54.0 Å². The molecular weight excluding hydrogens is 421 g/mol. The average Bonchev–Trinajstić information content (AvgIpc) is 2.71. The van der Waals surface area contributed by atoms with Crippen LogP contribution in [-0.2, 0) is 4.79 Å². The molecule has 0 radical (unpaired) electrons. The molecule has 0 bridgehead atoms. The molecule has 0 aliphatic carbocycles. The number of hydrogen-bond acceptors (Lipinski definition) is 3. The van der Waals surface area contributed by atoms with Gasteiger partial charge in [0.1, 0.15) is 5.75 Å². The van der Waals surface area contributed by atoms with Crippen LogP contribution in [0.1, 0.15) is 6.92 Å². The predicted molar refractivity (Wildman–Crippen MR) is 115 cm³/mol. The van der Waals surface area contributed by atoms with Gasteiger partial charge in [-0.25, -0.2) is 0 Å². The predicted octanol–water partition coefficient (Wildman–Crippen LogP) is 3.39. The third kappa shape index (κ3) is 4.84. The number of benzene rings is 2. The van der Waals surface area contributed by atoms with E-state index in [0.717, 1.165) is 31.9 Å². The van der Waals surface area contributed by atoms with Gasteiger partial charge >= 0.3 is 0 Å². The number of amides is 1. The number of carbonyl (C=O) groups is 1. The average molecular weight is 444 g/mol. The Labute approximate surface area is 180 Å². The SMILES string of the molecule is COc1ccc(N2CC[NH+]([C@@H](C)C(=O)Nc3cc(Cl)c(Cl)cc3Cl)CC2)cc1. The number of carbonyl (C=O) groups excluding carboxylic acids is 1. The summed E-state index contributed by atoms with van der Waals surface area (Å²) in [5.74, 6) is 0.757. The second-order valence-electron chi connectivity index (χ2n) is 6.80. The molecule has 0 aromatic heterocycles. The van der Waals surface area contributed by atoms with E-state index >= 15 is 0 Å². The fourth-order valence-corrected chi connectivity index (χ4v) is 3.92. The van der Waals surface area contributed by atoms with Gasteiger partial charge < -0.3 is 19.9 Å². The molecule has 5 nitrogen and oxygen atoms in total. The Hall–Kier alpha value is -1.66. The lowest BCUT2D eigenvalue weighted by Crippen LogP contribution is -3.19. The lowest BCUT2D eigenvalue weighted by atomic mass is 10.2. The first kappa shape index (κ1) is 21.1. The molecule has 2 aromatic carbocycles. The fourth-order valence-electron chi connectivity index (χ4n) is 3.32. The van der Waals surface area contributed by atoms with Crippen LogP contribution in [0.5, 0.6) is 5.75 Å². The molecular formula is C20H23Cl3N3O2+. The first-order chi connectivity index (χ1) is 13.4. The maximum absolute atomic E-state index is 12.7. The summed E-state index contributed by atoms with van der Waals surface area (Å²) < 4.78 is 5.21. The molecule has 150 valence electrons. The summed E-state index contributed by atoms with van der Waals surface area (Å²) in [7, 11) is 1.66. The van der Waals surface area contributed by atoms with Gasteiger partial charge in [0.25, 0.3) is 5.91 Å². The number of nitrogens with one attached hydrogen (secondary N) is 2. The molecule has 1 heterocycles. The minimum atomic E-state index is -0.205. The molecule has 3 rings (SSSR count). The van der Waals surface area contributed by atoms with E-state index in [4.69, 9.17) is 39.5 Å². The molecule has 28 heavy (non-hydrogen) atoms. The van der Waals surface area contributed by atoms with E-state index in [-0.39, 0.29) is 11.9 Å². The summed E-state index contributed by atoms with van der Waals surface area (Å²) >= 11 is 18.1. The van der Waals surface area contributed by atoms with Crippen molar-refractivity contribution in [2.75, 3.05) is 43.5 Å². The topological polar surface area (TPSA) is 46.0 Å². The van der Waals surface area contributed by atoms with Crippen LogP contribution >= 0.6 is 34.8 Å². The second kappa shape index (κ2) is 9.23. The Morgan fingerprint density at radius 1 is 1.07 bits per heavy atom. The van der Waals surface area contributed by atoms with Gasteiger partial charge in [-0.15, -0.1) is 0 Å². The zero-order valence-corrected chi connectivity index (χ0v) is 18.0. The Balaban J connectivity index is 1.57. The zero-order valence-electron chi connectivity index (χ0n) is 15.8. The fraction of sp³-hybridized carbons (Fsp3) is 0.350. The number of anilines is 2. The normalized spacial score (nSPS) is 16.0. The van der Waals surface area contributed by atoms with Gasteiger partial charge in [0.2, 0.25) is 0 Å². The summed E-state index contributed by atoms with van der Waals surface area (Å²) in [6.07, 6.45) is 0. The molecule has 1 aliphatic rings. The number of quaternary nitrogens is 1. The van der Waals surface area contributed by atoms with Crippen molar-refractivity contribution in [1.82, 2.24) is 0 Å². The lowest BCUT2D eigenvalue weighted by molar-refractivity contribution is -0.914. The van der Waals surface area contributed by atoms with E-state index in [2.05, 4.69) is 22.3 Å². The second-order valence-corrected chi connectivity index (χ2v) is 8.02. The summed E-state index contributed by atoms with van der Waals surface area (Å²) in [4.78, 5) is 16.2. The number of rotatable bonds is 5. The van der Waals surface area contributed by atoms with Gasteiger partial charge in [-0.05, 0) is 43.3 Å². The van der Waals surface area contributed by atoms with Crippen LogP contribution in [0.4, 0.5) is 11.4 Å². The van der Waals surface area contributed by atoms with E-state index < -0.39 is 0 Å². The van der Waals surface area contributed by atoms with E-state index in [1.54, 1.807) is 13.2 Å². The van der Waals surface area contributed by atoms with Crippen molar-refractivity contribution in [1.29, 1.82) is 0 Å². The standard InChI is InChI=1S/C20H22Cl3N3O2/c1-13(20(27)24-19-12-17(22)16(21)11-18(19)23)25-7-9-26(10-8-25)14-3-5-15(28-2)6-4-14/h3-6,11-13H,7-10H2,1-2H3,(H,24,27)/p+1/t13-/m0/s1.